The van der Waals surface area contributed by atoms with Gasteiger partial charge in [-0.1, -0.05) is 0 Å². The maximum absolute atomic E-state index is 13.1. The monoisotopic (exact) mass is 561 g/mol. The fraction of sp³-hybridized carbons (Fsp3) is 0.500. The van der Waals surface area contributed by atoms with Crippen LogP contribution in [0.2, 0.25) is 0 Å². The van der Waals surface area contributed by atoms with Crippen molar-refractivity contribution in [2.45, 2.75) is 78.2 Å². The van der Waals surface area contributed by atoms with E-state index in [0.717, 1.165) is 36.9 Å². The third-order valence-corrected chi connectivity index (χ3v) is 7.66. The molecule has 1 fully saturated rings. The van der Waals surface area contributed by atoms with Crippen LogP contribution in [0.1, 0.15) is 71.8 Å². The van der Waals surface area contributed by atoms with E-state index in [4.69, 9.17) is 14.6 Å². The number of H-pyrrole nitrogens is 1. The first-order chi connectivity index (χ1) is 17.0. The number of fused-ring (bicyclic) bond motifs is 1. The number of halogens is 1. The largest absolute Gasteiger partial charge is 0.465 e. The highest BCUT2D eigenvalue weighted by Gasteiger charge is 2.42. The topological polar surface area (TPSA) is 130 Å². The van der Waals surface area contributed by atoms with Crippen molar-refractivity contribution in [2.24, 2.45) is 5.92 Å². The van der Waals surface area contributed by atoms with Crippen LogP contribution in [0.25, 0.3) is 0 Å². The van der Waals surface area contributed by atoms with Crippen molar-refractivity contribution in [2.75, 3.05) is 0 Å². The van der Waals surface area contributed by atoms with Gasteiger partial charge in [-0.05, 0) is 86.0 Å². The van der Waals surface area contributed by atoms with E-state index in [-0.39, 0.29) is 24.1 Å². The SMILES string of the molecule is Cc1cc(C)c(CNC(=O)c2cc(Br)c3c(c2C)OC(C)(C[C@H]2CC[C@H](NC(=O)O)CC2)O3)c(=O)[nH]1. The minimum Gasteiger partial charge on any atom is -0.465 e. The summed E-state index contributed by atoms with van der Waals surface area (Å²) in [6, 6.07) is 3.58. The zero-order valence-electron chi connectivity index (χ0n) is 20.9. The number of benzene rings is 1. The second kappa shape index (κ2) is 10.2. The molecule has 0 spiro atoms. The Labute approximate surface area is 218 Å². The molecule has 1 aromatic heterocycles. The maximum Gasteiger partial charge on any atom is 0.404 e. The Kier molecular flexibility index (Phi) is 7.36. The Balaban J connectivity index is 1.44. The van der Waals surface area contributed by atoms with Gasteiger partial charge < -0.3 is 30.2 Å². The average Bonchev–Trinajstić information content (AvgIpc) is 3.14. The number of aryl methyl sites for hydroxylation is 2. The number of aromatic amines is 1. The van der Waals surface area contributed by atoms with Crippen LogP contribution in [-0.4, -0.2) is 33.9 Å². The number of ether oxygens (including phenoxy) is 2. The molecule has 2 heterocycles. The third-order valence-electron chi connectivity index (χ3n) is 7.07. The van der Waals surface area contributed by atoms with Gasteiger partial charge >= 0.3 is 6.09 Å². The van der Waals surface area contributed by atoms with E-state index in [9.17, 15) is 14.4 Å². The number of nitrogens with one attached hydrogen (secondary N) is 3. The lowest BCUT2D eigenvalue weighted by Crippen LogP contribution is -2.41. The Hall–Kier alpha value is -3.01. The summed E-state index contributed by atoms with van der Waals surface area (Å²) in [4.78, 5) is 39.1. The first-order valence-corrected chi connectivity index (χ1v) is 12.9. The number of carboxylic acid groups (broad SMARTS) is 1. The number of hydrogen-bond donors (Lipinski definition) is 4. The van der Waals surface area contributed by atoms with Crippen molar-refractivity contribution in [3.05, 3.63) is 54.9 Å². The fourth-order valence-electron chi connectivity index (χ4n) is 5.27. The van der Waals surface area contributed by atoms with Gasteiger partial charge in [-0.2, -0.15) is 0 Å². The van der Waals surface area contributed by atoms with Crippen LogP contribution in [-0.2, 0) is 6.54 Å². The maximum atomic E-state index is 13.1. The van der Waals surface area contributed by atoms with Gasteiger partial charge in [0.05, 0.1) is 4.47 Å². The fourth-order valence-corrected chi connectivity index (χ4v) is 5.76. The molecule has 10 heteroatoms. The molecule has 2 aromatic rings. The molecular formula is C26H32BrN3O6. The minimum atomic E-state index is -0.982. The molecule has 194 valence electrons. The van der Waals surface area contributed by atoms with E-state index >= 15 is 0 Å². The van der Waals surface area contributed by atoms with Crippen LogP contribution in [0.5, 0.6) is 11.5 Å². The molecule has 0 bridgehead atoms. The lowest BCUT2D eigenvalue weighted by atomic mass is 9.82. The van der Waals surface area contributed by atoms with Gasteiger partial charge in [0, 0.05) is 48.3 Å². The van der Waals surface area contributed by atoms with Gasteiger partial charge in [0.15, 0.2) is 11.5 Å². The van der Waals surface area contributed by atoms with Gasteiger partial charge in [0.1, 0.15) is 0 Å². The Morgan fingerprint density at radius 2 is 1.81 bits per heavy atom. The molecule has 2 aliphatic rings. The predicted molar refractivity (Wildman–Crippen MR) is 138 cm³/mol. The lowest BCUT2D eigenvalue weighted by molar-refractivity contribution is -0.0835. The Morgan fingerprint density at radius 3 is 2.44 bits per heavy atom. The predicted octanol–water partition coefficient (Wildman–Crippen LogP) is 4.70. The van der Waals surface area contributed by atoms with Crippen molar-refractivity contribution >= 4 is 27.9 Å². The van der Waals surface area contributed by atoms with Crippen molar-refractivity contribution in [3.8, 4) is 11.5 Å². The van der Waals surface area contributed by atoms with Gasteiger partial charge in [-0.25, -0.2) is 4.79 Å². The van der Waals surface area contributed by atoms with Crippen LogP contribution in [0.3, 0.4) is 0 Å². The molecule has 36 heavy (non-hydrogen) atoms. The van der Waals surface area contributed by atoms with Crippen molar-refractivity contribution in [1.82, 2.24) is 15.6 Å². The summed E-state index contributed by atoms with van der Waals surface area (Å²) in [5.41, 5.74) is 3.01. The molecular weight excluding hydrogens is 530 g/mol. The van der Waals surface area contributed by atoms with Gasteiger partial charge in [-0.3, -0.25) is 9.59 Å². The van der Waals surface area contributed by atoms with E-state index in [1.54, 1.807) is 6.07 Å². The molecule has 1 aliphatic carbocycles. The Bertz CT molecular complexity index is 1250. The highest BCUT2D eigenvalue weighted by Crippen LogP contribution is 2.50. The van der Waals surface area contributed by atoms with Crippen molar-refractivity contribution in [1.29, 1.82) is 0 Å². The molecule has 1 unspecified atom stereocenters. The number of carbonyl (C=O) groups is 2. The van der Waals surface area contributed by atoms with Crippen LogP contribution in [0.4, 0.5) is 4.79 Å². The van der Waals surface area contributed by atoms with Crippen molar-refractivity contribution in [3.63, 3.8) is 0 Å². The summed E-state index contributed by atoms with van der Waals surface area (Å²) in [6.45, 7) is 7.50. The number of aromatic nitrogens is 1. The van der Waals surface area contributed by atoms with Crippen LogP contribution >= 0.6 is 15.9 Å². The average molecular weight is 562 g/mol. The lowest BCUT2D eigenvalue weighted by Gasteiger charge is -2.33. The van der Waals surface area contributed by atoms with Crippen LogP contribution in [0, 0.1) is 26.7 Å². The summed E-state index contributed by atoms with van der Waals surface area (Å²) in [6.07, 6.45) is 3.02. The summed E-state index contributed by atoms with van der Waals surface area (Å²) in [7, 11) is 0. The molecule has 0 saturated heterocycles. The summed E-state index contributed by atoms with van der Waals surface area (Å²) >= 11 is 3.53. The molecule has 2 amide bonds. The van der Waals surface area contributed by atoms with Gasteiger partial charge in [0.25, 0.3) is 11.5 Å². The van der Waals surface area contributed by atoms with Gasteiger partial charge in [0.2, 0.25) is 5.79 Å². The summed E-state index contributed by atoms with van der Waals surface area (Å²) in [5.74, 6) is 0.251. The van der Waals surface area contributed by atoms with Crippen LogP contribution < -0.4 is 25.7 Å². The first-order valence-electron chi connectivity index (χ1n) is 12.1. The molecule has 4 N–H and O–H groups in total. The quantitative estimate of drug-likeness (QED) is 0.404. The Morgan fingerprint density at radius 1 is 1.14 bits per heavy atom. The second-order valence-electron chi connectivity index (χ2n) is 10.0. The molecule has 1 aliphatic heterocycles. The van der Waals surface area contributed by atoms with Gasteiger partial charge in [-0.15, -0.1) is 0 Å². The standard InChI is InChI=1S/C26H32BrN3O6/c1-13-9-14(2)29-24(32)19(13)12-28-23(31)18-10-20(27)22-21(15(18)3)35-26(4,36-22)11-16-5-7-17(8-6-16)30-25(33)34/h9-10,16-17,30H,5-8,11-12H2,1-4H3,(H,28,31)(H,29,32)(H,33,34)/t16-,17-,26?. The third kappa shape index (κ3) is 5.53. The van der Waals surface area contributed by atoms with E-state index in [0.29, 0.717) is 45.0 Å². The zero-order chi connectivity index (χ0) is 26.2. The molecule has 9 nitrogen and oxygen atoms in total. The smallest absolute Gasteiger partial charge is 0.404 e. The molecule has 1 atom stereocenters. The number of pyridine rings is 1. The van der Waals surface area contributed by atoms with Crippen molar-refractivity contribution < 1.29 is 24.2 Å². The summed E-state index contributed by atoms with van der Waals surface area (Å²) < 4.78 is 13.2. The van der Waals surface area contributed by atoms with E-state index in [1.165, 1.54) is 0 Å². The summed E-state index contributed by atoms with van der Waals surface area (Å²) in [5, 5.41) is 14.4. The number of carbonyl (C=O) groups excluding carboxylic acids is 1. The molecule has 1 saturated carbocycles. The minimum absolute atomic E-state index is 0.00842. The van der Waals surface area contributed by atoms with Crippen LogP contribution in [0.15, 0.2) is 21.4 Å². The number of rotatable bonds is 6. The molecule has 1 aromatic carbocycles. The zero-order valence-corrected chi connectivity index (χ0v) is 22.5. The number of hydrogen-bond acceptors (Lipinski definition) is 5. The van der Waals surface area contributed by atoms with E-state index < -0.39 is 11.9 Å². The molecule has 4 rings (SSSR count). The number of amides is 2. The van der Waals surface area contributed by atoms with E-state index in [2.05, 4.69) is 31.5 Å². The first kappa shape index (κ1) is 26.1. The highest BCUT2D eigenvalue weighted by atomic mass is 79.9. The normalized spacial score (nSPS) is 22.8. The van der Waals surface area contributed by atoms with E-state index in [1.807, 2.05) is 33.8 Å². The second-order valence-corrected chi connectivity index (χ2v) is 10.9. The molecule has 0 radical (unpaired) electrons. The highest BCUT2D eigenvalue weighted by molar-refractivity contribution is 9.10.